The number of carbonyl (C=O) groups is 3. The van der Waals surface area contributed by atoms with E-state index >= 15 is 0 Å². The van der Waals surface area contributed by atoms with Gasteiger partial charge < -0.3 is 39.8 Å². The Kier molecular flexibility index (Phi) is 11.4. The van der Waals surface area contributed by atoms with Crippen molar-refractivity contribution >= 4 is 17.8 Å². The van der Waals surface area contributed by atoms with Crippen molar-refractivity contribution in [3.05, 3.63) is 71.8 Å². The van der Waals surface area contributed by atoms with E-state index in [0.717, 1.165) is 11.1 Å². The summed E-state index contributed by atoms with van der Waals surface area (Å²) in [7, 11) is 0. The van der Waals surface area contributed by atoms with Crippen molar-refractivity contribution in [2.45, 2.75) is 76.8 Å². The molecule has 212 valence electrons. The molecule has 11 nitrogen and oxygen atoms in total. The molecule has 1 aliphatic heterocycles. The van der Waals surface area contributed by atoms with Crippen LogP contribution in [0.5, 0.6) is 0 Å². The first-order valence-electron chi connectivity index (χ1n) is 12.7. The fourth-order valence-corrected chi connectivity index (χ4v) is 4.05. The molecule has 1 heterocycles. The number of ether oxygens (including phenoxy) is 4. The molecule has 2 amide bonds. The minimum atomic E-state index is -1.40. The molecule has 0 spiro atoms. The van der Waals surface area contributed by atoms with Crippen molar-refractivity contribution in [3.8, 4) is 0 Å². The van der Waals surface area contributed by atoms with Crippen LogP contribution in [0.4, 0.5) is 0 Å². The van der Waals surface area contributed by atoms with Gasteiger partial charge in [-0.3, -0.25) is 9.59 Å². The Hall–Kier alpha value is -3.35. The second-order valence-corrected chi connectivity index (χ2v) is 9.31. The second kappa shape index (κ2) is 14.7. The first-order valence-corrected chi connectivity index (χ1v) is 12.7. The predicted octanol–water partition coefficient (Wildman–Crippen LogP) is 0.808. The molecule has 0 saturated carbocycles. The van der Waals surface area contributed by atoms with Gasteiger partial charge in [-0.05, 0) is 25.0 Å². The van der Waals surface area contributed by atoms with E-state index in [-0.39, 0.29) is 13.2 Å². The SMILES string of the molecule is CC(=O)N[C@@H]1[C@H](OCc2ccccc2)O[C@@H](CO)[C@@H](O)[C@H]1O[C@H](C)C(=O)N[C@@H](C)C(=O)OCc1ccccc1. The van der Waals surface area contributed by atoms with Crippen molar-refractivity contribution < 1.29 is 43.5 Å². The standard InChI is InChI=1S/C28H36N2O9/c1-17(27(35)36-15-20-10-6-4-7-11-20)29-26(34)18(2)38-25-23(30-19(3)32)28(39-22(14-31)24(25)33)37-16-21-12-8-5-9-13-21/h4-13,17-18,22-25,28,31,33H,14-16H2,1-3H3,(H,29,34)(H,30,32)/t17-,18+,22-,23-,24+,25-,28+/m0/s1. The summed E-state index contributed by atoms with van der Waals surface area (Å²) in [6.45, 7) is 3.85. The minimum absolute atomic E-state index is 0.0610. The molecule has 3 rings (SSSR count). The number of carbonyl (C=O) groups excluding carboxylic acids is 3. The van der Waals surface area contributed by atoms with Crippen LogP contribution in [0.3, 0.4) is 0 Å². The number of esters is 1. The van der Waals surface area contributed by atoms with E-state index in [0.29, 0.717) is 0 Å². The Labute approximate surface area is 227 Å². The first-order chi connectivity index (χ1) is 18.7. The van der Waals surface area contributed by atoms with Gasteiger partial charge in [0, 0.05) is 6.92 Å². The lowest BCUT2D eigenvalue weighted by Gasteiger charge is -2.44. The lowest BCUT2D eigenvalue weighted by molar-refractivity contribution is -0.283. The highest BCUT2D eigenvalue weighted by molar-refractivity contribution is 5.86. The largest absolute Gasteiger partial charge is 0.459 e. The van der Waals surface area contributed by atoms with E-state index in [4.69, 9.17) is 18.9 Å². The van der Waals surface area contributed by atoms with Crippen LogP contribution in [-0.2, 0) is 46.5 Å². The van der Waals surface area contributed by atoms with Gasteiger partial charge >= 0.3 is 5.97 Å². The maximum atomic E-state index is 12.9. The maximum Gasteiger partial charge on any atom is 0.328 e. The third-order valence-corrected chi connectivity index (χ3v) is 6.15. The summed E-state index contributed by atoms with van der Waals surface area (Å²) in [6.07, 6.45) is -5.92. The molecule has 0 radical (unpaired) electrons. The Morgan fingerprint density at radius 1 is 0.974 bits per heavy atom. The molecule has 2 aromatic rings. The quantitative estimate of drug-likeness (QED) is 0.284. The van der Waals surface area contributed by atoms with Crippen LogP contribution in [0.1, 0.15) is 31.9 Å². The molecule has 1 saturated heterocycles. The van der Waals surface area contributed by atoms with Crippen LogP contribution in [0.25, 0.3) is 0 Å². The Bertz CT molecular complexity index is 1070. The van der Waals surface area contributed by atoms with Gasteiger partial charge in [0.25, 0.3) is 0 Å². The average molecular weight is 545 g/mol. The molecule has 11 heteroatoms. The summed E-state index contributed by atoms with van der Waals surface area (Å²) in [6, 6.07) is 16.4. The van der Waals surface area contributed by atoms with Crippen LogP contribution in [-0.4, -0.2) is 77.4 Å². The number of aliphatic hydroxyl groups is 2. The Balaban J connectivity index is 1.64. The zero-order valence-corrected chi connectivity index (χ0v) is 22.2. The highest BCUT2D eigenvalue weighted by atomic mass is 16.7. The average Bonchev–Trinajstić information content (AvgIpc) is 2.93. The van der Waals surface area contributed by atoms with Crippen LogP contribution in [0.15, 0.2) is 60.7 Å². The van der Waals surface area contributed by atoms with E-state index in [1.807, 2.05) is 60.7 Å². The van der Waals surface area contributed by atoms with Gasteiger partial charge in [-0.15, -0.1) is 0 Å². The van der Waals surface area contributed by atoms with Crippen molar-refractivity contribution in [1.29, 1.82) is 0 Å². The summed E-state index contributed by atoms with van der Waals surface area (Å²) >= 11 is 0. The zero-order chi connectivity index (χ0) is 28.4. The van der Waals surface area contributed by atoms with E-state index in [1.54, 1.807) is 0 Å². The van der Waals surface area contributed by atoms with Crippen LogP contribution in [0, 0.1) is 0 Å². The van der Waals surface area contributed by atoms with Crippen molar-refractivity contribution in [2.75, 3.05) is 6.61 Å². The fraction of sp³-hybridized carbons (Fsp3) is 0.464. The number of rotatable bonds is 12. The third kappa shape index (κ3) is 8.84. The van der Waals surface area contributed by atoms with Crippen LogP contribution < -0.4 is 10.6 Å². The maximum absolute atomic E-state index is 12.9. The molecule has 4 N–H and O–H groups in total. The van der Waals surface area contributed by atoms with Gasteiger partial charge in [-0.1, -0.05) is 60.7 Å². The summed E-state index contributed by atoms with van der Waals surface area (Å²) < 4.78 is 22.8. The molecule has 1 aliphatic rings. The third-order valence-electron chi connectivity index (χ3n) is 6.15. The molecule has 0 unspecified atom stereocenters. The number of hydrogen-bond donors (Lipinski definition) is 4. The number of aliphatic hydroxyl groups excluding tert-OH is 2. The number of hydrogen-bond acceptors (Lipinski definition) is 9. The first kappa shape index (κ1) is 30.2. The lowest BCUT2D eigenvalue weighted by atomic mass is 9.96. The van der Waals surface area contributed by atoms with Crippen molar-refractivity contribution in [1.82, 2.24) is 10.6 Å². The molecule has 0 aliphatic carbocycles. The summed E-state index contributed by atoms with van der Waals surface area (Å²) in [4.78, 5) is 37.2. The van der Waals surface area contributed by atoms with Gasteiger partial charge in [0.1, 0.15) is 43.1 Å². The molecule has 39 heavy (non-hydrogen) atoms. The number of nitrogens with one attached hydrogen (secondary N) is 2. The minimum Gasteiger partial charge on any atom is -0.459 e. The van der Waals surface area contributed by atoms with Gasteiger partial charge in [0.15, 0.2) is 6.29 Å². The number of benzene rings is 2. The smallest absolute Gasteiger partial charge is 0.328 e. The molecular formula is C28H36N2O9. The van der Waals surface area contributed by atoms with Gasteiger partial charge in [-0.2, -0.15) is 0 Å². The number of amides is 2. The van der Waals surface area contributed by atoms with Gasteiger partial charge in [0.2, 0.25) is 11.8 Å². The molecule has 1 fully saturated rings. The van der Waals surface area contributed by atoms with Crippen molar-refractivity contribution in [2.24, 2.45) is 0 Å². The zero-order valence-electron chi connectivity index (χ0n) is 22.2. The highest BCUT2D eigenvalue weighted by Crippen LogP contribution is 2.26. The molecule has 0 bridgehead atoms. The van der Waals surface area contributed by atoms with Gasteiger partial charge in [0.05, 0.1) is 13.2 Å². The van der Waals surface area contributed by atoms with E-state index in [9.17, 15) is 24.6 Å². The summed E-state index contributed by atoms with van der Waals surface area (Å²) in [5.41, 5.74) is 1.65. The van der Waals surface area contributed by atoms with Crippen LogP contribution in [0.2, 0.25) is 0 Å². The monoisotopic (exact) mass is 544 g/mol. The van der Waals surface area contributed by atoms with Crippen molar-refractivity contribution in [3.63, 3.8) is 0 Å². The normalized spacial score (nSPS) is 24.3. The summed E-state index contributed by atoms with van der Waals surface area (Å²) in [5.74, 6) is -1.70. The van der Waals surface area contributed by atoms with Crippen LogP contribution >= 0.6 is 0 Å². The van der Waals surface area contributed by atoms with Gasteiger partial charge in [-0.25, -0.2) is 4.79 Å². The Morgan fingerprint density at radius 2 is 1.56 bits per heavy atom. The second-order valence-electron chi connectivity index (χ2n) is 9.31. The summed E-state index contributed by atoms with van der Waals surface area (Å²) in [5, 5.41) is 25.9. The van der Waals surface area contributed by atoms with E-state index in [1.165, 1.54) is 20.8 Å². The van der Waals surface area contributed by atoms with E-state index < -0.39 is 67.2 Å². The fourth-order valence-electron chi connectivity index (χ4n) is 4.05. The molecule has 2 aromatic carbocycles. The molecule has 0 aromatic heterocycles. The van der Waals surface area contributed by atoms with E-state index in [2.05, 4.69) is 10.6 Å². The highest BCUT2D eigenvalue weighted by Gasteiger charge is 2.48. The topological polar surface area (TPSA) is 153 Å². The molecule has 7 atom stereocenters. The molecular weight excluding hydrogens is 508 g/mol. The lowest BCUT2D eigenvalue weighted by Crippen LogP contribution is -2.66. The predicted molar refractivity (Wildman–Crippen MR) is 139 cm³/mol. The Morgan fingerprint density at radius 3 is 2.13 bits per heavy atom.